The second-order valence-corrected chi connectivity index (χ2v) is 4.14. The van der Waals surface area contributed by atoms with Crippen molar-refractivity contribution in [1.29, 1.82) is 0 Å². The average Bonchev–Trinajstić information content (AvgIpc) is 1.86. The monoisotopic (exact) mass is 193 g/mol. The maximum absolute atomic E-state index is 2.29. The summed E-state index contributed by atoms with van der Waals surface area (Å²) in [6, 6.07) is 0.744. The minimum Gasteiger partial charge on any atom is -0.307 e. The third kappa shape index (κ3) is 8.35. The Morgan fingerprint density at radius 1 is 1.00 bits per heavy atom. The standard InChI is InChI=1S/C10H23N.ClH/c1-9(2)7-6-8-10(3)11(4)5;/h9-10H,6-8H2,1-5H3;1H. The SMILES string of the molecule is CC(C)CCCC(C)N(C)C.Cl. The van der Waals surface area contributed by atoms with Gasteiger partial charge in [-0.2, -0.15) is 0 Å². The highest BCUT2D eigenvalue weighted by Crippen LogP contribution is 2.09. The number of hydrogen-bond donors (Lipinski definition) is 0. The van der Waals surface area contributed by atoms with Crippen LogP contribution < -0.4 is 0 Å². The summed E-state index contributed by atoms with van der Waals surface area (Å²) in [5.74, 6) is 0.865. The molecule has 0 amide bonds. The molecule has 0 bridgehead atoms. The first-order valence-corrected chi connectivity index (χ1v) is 4.70. The van der Waals surface area contributed by atoms with Crippen molar-refractivity contribution in [2.45, 2.75) is 46.1 Å². The molecule has 0 aliphatic carbocycles. The molecule has 0 aromatic rings. The first kappa shape index (κ1) is 14.8. The zero-order valence-corrected chi connectivity index (χ0v) is 9.95. The number of nitrogens with zero attached hydrogens (tertiary/aromatic N) is 1. The fraction of sp³-hybridized carbons (Fsp3) is 1.00. The molecule has 0 saturated carbocycles. The van der Waals surface area contributed by atoms with Crippen LogP contribution in [-0.2, 0) is 0 Å². The van der Waals surface area contributed by atoms with Crippen LogP contribution >= 0.6 is 12.4 Å². The normalized spacial score (nSPS) is 13.2. The second kappa shape index (κ2) is 7.88. The van der Waals surface area contributed by atoms with Crippen molar-refractivity contribution < 1.29 is 0 Å². The van der Waals surface area contributed by atoms with Crippen LogP contribution in [0.25, 0.3) is 0 Å². The van der Waals surface area contributed by atoms with E-state index in [0.29, 0.717) is 0 Å². The highest BCUT2D eigenvalue weighted by Gasteiger charge is 2.03. The summed E-state index contributed by atoms with van der Waals surface area (Å²) >= 11 is 0. The van der Waals surface area contributed by atoms with Gasteiger partial charge in [0.15, 0.2) is 0 Å². The summed E-state index contributed by atoms with van der Waals surface area (Å²) in [6.45, 7) is 6.88. The Balaban J connectivity index is 0. The van der Waals surface area contributed by atoms with Crippen molar-refractivity contribution in [3.8, 4) is 0 Å². The van der Waals surface area contributed by atoms with E-state index in [1.807, 2.05) is 0 Å². The Morgan fingerprint density at radius 3 is 1.83 bits per heavy atom. The van der Waals surface area contributed by atoms with Crippen molar-refractivity contribution in [1.82, 2.24) is 4.90 Å². The van der Waals surface area contributed by atoms with Gasteiger partial charge in [0.05, 0.1) is 0 Å². The number of halogens is 1. The minimum absolute atomic E-state index is 0. The quantitative estimate of drug-likeness (QED) is 0.649. The van der Waals surface area contributed by atoms with Crippen molar-refractivity contribution in [3.63, 3.8) is 0 Å². The Labute approximate surface area is 83.9 Å². The van der Waals surface area contributed by atoms with Gasteiger partial charge in [0, 0.05) is 6.04 Å². The van der Waals surface area contributed by atoms with Gasteiger partial charge >= 0.3 is 0 Å². The van der Waals surface area contributed by atoms with Gasteiger partial charge in [-0.25, -0.2) is 0 Å². The molecular formula is C10H24ClN. The molecule has 0 aliphatic heterocycles. The van der Waals surface area contributed by atoms with Crippen molar-refractivity contribution in [2.24, 2.45) is 5.92 Å². The highest BCUT2D eigenvalue weighted by atomic mass is 35.5. The first-order valence-electron chi connectivity index (χ1n) is 4.70. The highest BCUT2D eigenvalue weighted by molar-refractivity contribution is 5.85. The van der Waals surface area contributed by atoms with E-state index in [-0.39, 0.29) is 12.4 Å². The van der Waals surface area contributed by atoms with E-state index in [4.69, 9.17) is 0 Å². The molecule has 0 radical (unpaired) electrons. The molecule has 0 spiro atoms. The predicted molar refractivity (Wildman–Crippen MR) is 59.1 cm³/mol. The fourth-order valence-electron chi connectivity index (χ4n) is 1.08. The fourth-order valence-corrected chi connectivity index (χ4v) is 1.08. The zero-order chi connectivity index (χ0) is 8.85. The molecule has 1 atom stereocenters. The zero-order valence-electron chi connectivity index (χ0n) is 9.13. The first-order chi connectivity index (χ1) is 5.04. The number of rotatable bonds is 5. The second-order valence-electron chi connectivity index (χ2n) is 4.14. The third-order valence-electron chi connectivity index (χ3n) is 2.28. The van der Waals surface area contributed by atoms with E-state index >= 15 is 0 Å². The molecule has 0 saturated heterocycles. The maximum atomic E-state index is 2.29. The lowest BCUT2D eigenvalue weighted by Crippen LogP contribution is -2.24. The largest absolute Gasteiger partial charge is 0.307 e. The lowest BCUT2D eigenvalue weighted by atomic mass is 10.0. The van der Waals surface area contributed by atoms with Crippen LogP contribution in [0.4, 0.5) is 0 Å². The van der Waals surface area contributed by atoms with Crippen molar-refractivity contribution >= 4 is 12.4 Å². The van der Waals surface area contributed by atoms with E-state index in [1.165, 1.54) is 19.3 Å². The van der Waals surface area contributed by atoms with Gasteiger partial charge in [0.2, 0.25) is 0 Å². The van der Waals surface area contributed by atoms with Crippen LogP contribution in [0.1, 0.15) is 40.0 Å². The molecule has 2 heteroatoms. The summed E-state index contributed by atoms with van der Waals surface area (Å²) in [6.07, 6.45) is 4.08. The molecule has 12 heavy (non-hydrogen) atoms. The molecule has 0 heterocycles. The van der Waals surface area contributed by atoms with Gasteiger partial charge in [-0.3, -0.25) is 0 Å². The predicted octanol–water partition coefficient (Wildman–Crippen LogP) is 3.18. The Kier molecular flexibility index (Phi) is 9.69. The molecule has 1 unspecified atom stereocenters. The van der Waals surface area contributed by atoms with E-state index < -0.39 is 0 Å². The molecule has 0 aliphatic rings. The average molecular weight is 194 g/mol. The van der Waals surface area contributed by atoms with E-state index in [1.54, 1.807) is 0 Å². The van der Waals surface area contributed by atoms with Crippen LogP contribution in [0.2, 0.25) is 0 Å². The van der Waals surface area contributed by atoms with Crippen LogP contribution in [-0.4, -0.2) is 25.0 Å². The summed E-state index contributed by atoms with van der Waals surface area (Å²) in [4.78, 5) is 2.29. The van der Waals surface area contributed by atoms with Crippen molar-refractivity contribution in [2.75, 3.05) is 14.1 Å². The Morgan fingerprint density at radius 2 is 1.50 bits per heavy atom. The van der Waals surface area contributed by atoms with E-state index in [9.17, 15) is 0 Å². The van der Waals surface area contributed by atoms with Gasteiger partial charge in [0.1, 0.15) is 0 Å². The van der Waals surface area contributed by atoms with Gasteiger partial charge in [0.25, 0.3) is 0 Å². The molecule has 0 rings (SSSR count). The molecule has 0 aromatic carbocycles. The Hall–Kier alpha value is 0.250. The van der Waals surface area contributed by atoms with Crippen LogP contribution in [0.3, 0.4) is 0 Å². The molecule has 76 valence electrons. The van der Waals surface area contributed by atoms with E-state index in [0.717, 1.165) is 12.0 Å². The van der Waals surface area contributed by atoms with Gasteiger partial charge in [-0.05, 0) is 33.4 Å². The van der Waals surface area contributed by atoms with Crippen LogP contribution in [0, 0.1) is 5.92 Å². The molecule has 0 fully saturated rings. The summed E-state index contributed by atoms with van der Waals surface area (Å²) < 4.78 is 0. The molecule has 0 N–H and O–H groups in total. The lowest BCUT2D eigenvalue weighted by molar-refractivity contribution is 0.288. The van der Waals surface area contributed by atoms with E-state index in [2.05, 4.69) is 39.8 Å². The van der Waals surface area contributed by atoms with Crippen LogP contribution in [0.5, 0.6) is 0 Å². The Bertz CT molecular complexity index is 91.8. The van der Waals surface area contributed by atoms with Crippen LogP contribution in [0.15, 0.2) is 0 Å². The number of hydrogen-bond acceptors (Lipinski definition) is 1. The summed E-state index contributed by atoms with van der Waals surface area (Å²) in [5.41, 5.74) is 0. The van der Waals surface area contributed by atoms with Gasteiger partial charge < -0.3 is 4.90 Å². The minimum atomic E-state index is 0. The van der Waals surface area contributed by atoms with Gasteiger partial charge in [-0.1, -0.05) is 26.7 Å². The maximum Gasteiger partial charge on any atom is 0.00608 e. The van der Waals surface area contributed by atoms with Gasteiger partial charge in [-0.15, -0.1) is 12.4 Å². The third-order valence-corrected chi connectivity index (χ3v) is 2.28. The summed E-state index contributed by atoms with van der Waals surface area (Å²) in [7, 11) is 4.31. The smallest absolute Gasteiger partial charge is 0.00608 e. The topological polar surface area (TPSA) is 3.24 Å². The van der Waals surface area contributed by atoms with Crippen molar-refractivity contribution in [3.05, 3.63) is 0 Å². The summed E-state index contributed by atoms with van der Waals surface area (Å²) in [5, 5.41) is 0. The molecule has 1 nitrogen and oxygen atoms in total. The molecule has 0 aromatic heterocycles. The lowest BCUT2D eigenvalue weighted by Gasteiger charge is -2.19. The molecular weight excluding hydrogens is 170 g/mol.